The van der Waals surface area contributed by atoms with E-state index in [-0.39, 0.29) is 0 Å². The first-order valence-electron chi connectivity index (χ1n) is 4.94. The Morgan fingerprint density at radius 2 is 2.20 bits per heavy atom. The minimum absolute atomic E-state index is 0.884. The van der Waals surface area contributed by atoms with E-state index < -0.39 is 0 Å². The van der Waals surface area contributed by atoms with Crippen LogP contribution in [0.3, 0.4) is 0 Å². The molecule has 0 aliphatic rings. The Balaban J connectivity index is 2.02. The van der Waals surface area contributed by atoms with Crippen LogP contribution in [-0.4, -0.2) is 4.98 Å². The Bertz CT molecular complexity index is 448. The van der Waals surface area contributed by atoms with Gasteiger partial charge in [-0.3, -0.25) is 4.98 Å². The second-order valence-electron chi connectivity index (χ2n) is 3.63. The SMILES string of the molecule is Cc1cncc(NCc2sccc2C)c1. The van der Waals surface area contributed by atoms with Crippen molar-refractivity contribution in [2.75, 3.05) is 5.32 Å². The van der Waals surface area contributed by atoms with Crippen molar-refractivity contribution in [3.63, 3.8) is 0 Å². The molecule has 0 amide bonds. The number of anilines is 1. The maximum absolute atomic E-state index is 4.15. The monoisotopic (exact) mass is 218 g/mol. The van der Waals surface area contributed by atoms with Gasteiger partial charge in [0.05, 0.1) is 5.69 Å². The van der Waals surface area contributed by atoms with E-state index >= 15 is 0 Å². The number of nitrogens with zero attached hydrogens (tertiary/aromatic N) is 1. The van der Waals surface area contributed by atoms with Gasteiger partial charge in [0.15, 0.2) is 0 Å². The third kappa shape index (κ3) is 2.57. The number of aryl methyl sites for hydroxylation is 2. The molecule has 2 nitrogen and oxygen atoms in total. The van der Waals surface area contributed by atoms with Crippen molar-refractivity contribution < 1.29 is 0 Å². The summed E-state index contributed by atoms with van der Waals surface area (Å²) in [6, 6.07) is 4.26. The van der Waals surface area contributed by atoms with E-state index in [0.29, 0.717) is 0 Å². The highest BCUT2D eigenvalue weighted by atomic mass is 32.1. The number of pyridine rings is 1. The zero-order valence-corrected chi connectivity index (χ0v) is 9.77. The normalized spacial score (nSPS) is 10.3. The van der Waals surface area contributed by atoms with Gasteiger partial charge in [0, 0.05) is 23.8 Å². The second kappa shape index (κ2) is 4.45. The summed E-state index contributed by atoms with van der Waals surface area (Å²) < 4.78 is 0. The highest BCUT2D eigenvalue weighted by Gasteiger charge is 1.99. The first kappa shape index (κ1) is 10.2. The highest BCUT2D eigenvalue weighted by molar-refractivity contribution is 7.10. The van der Waals surface area contributed by atoms with E-state index in [4.69, 9.17) is 0 Å². The van der Waals surface area contributed by atoms with E-state index in [1.54, 1.807) is 11.3 Å². The molecule has 15 heavy (non-hydrogen) atoms. The minimum Gasteiger partial charge on any atom is -0.379 e. The van der Waals surface area contributed by atoms with E-state index in [1.807, 2.05) is 12.4 Å². The summed E-state index contributed by atoms with van der Waals surface area (Å²) in [5.74, 6) is 0. The lowest BCUT2D eigenvalue weighted by Gasteiger charge is -2.05. The minimum atomic E-state index is 0.884. The van der Waals surface area contributed by atoms with Gasteiger partial charge in [0.25, 0.3) is 0 Å². The average Bonchev–Trinajstić information content (AvgIpc) is 2.61. The van der Waals surface area contributed by atoms with E-state index in [2.05, 4.69) is 41.7 Å². The van der Waals surface area contributed by atoms with Crippen molar-refractivity contribution in [2.24, 2.45) is 0 Å². The van der Waals surface area contributed by atoms with Crippen LogP contribution in [0.25, 0.3) is 0 Å². The molecule has 2 aromatic heterocycles. The third-order valence-corrected chi connectivity index (χ3v) is 3.32. The van der Waals surface area contributed by atoms with Crippen LogP contribution in [0.5, 0.6) is 0 Å². The largest absolute Gasteiger partial charge is 0.379 e. The molecule has 3 heteroatoms. The van der Waals surface area contributed by atoms with Crippen molar-refractivity contribution >= 4 is 17.0 Å². The number of nitrogens with one attached hydrogen (secondary N) is 1. The molecule has 2 aromatic rings. The number of aromatic nitrogens is 1. The molecule has 0 atom stereocenters. The van der Waals surface area contributed by atoms with Gasteiger partial charge in [-0.15, -0.1) is 11.3 Å². The fourth-order valence-corrected chi connectivity index (χ4v) is 2.27. The molecule has 0 bridgehead atoms. The molecular weight excluding hydrogens is 204 g/mol. The molecule has 0 radical (unpaired) electrons. The highest BCUT2D eigenvalue weighted by Crippen LogP contribution is 2.17. The van der Waals surface area contributed by atoms with Crippen LogP contribution in [0.1, 0.15) is 16.0 Å². The molecule has 2 heterocycles. The number of thiophene rings is 1. The van der Waals surface area contributed by atoms with Gasteiger partial charge in [0.2, 0.25) is 0 Å². The van der Waals surface area contributed by atoms with Crippen molar-refractivity contribution in [1.82, 2.24) is 4.98 Å². The Kier molecular flexibility index (Phi) is 3.02. The Hall–Kier alpha value is -1.35. The standard InChI is InChI=1S/C12H14N2S/c1-9-5-11(7-13-6-9)14-8-12-10(2)3-4-15-12/h3-7,14H,8H2,1-2H3. The molecule has 0 aromatic carbocycles. The van der Waals surface area contributed by atoms with Gasteiger partial charge in [-0.1, -0.05) is 0 Å². The molecule has 0 fully saturated rings. The van der Waals surface area contributed by atoms with Crippen molar-refractivity contribution in [3.8, 4) is 0 Å². The molecule has 78 valence electrons. The first-order valence-corrected chi connectivity index (χ1v) is 5.82. The van der Waals surface area contributed by atoms with Crippen LogP contribution in [-0.2, 0) is 6.54 Å². The summed E-state index contributed by atoms with van der Waals surface area (Å²) >= 11 is 1.79. The van der Waals surface area contributed by atoms with Gasteiger partial charge >= 0.3 is 0 Å². The van der Waals surface area contributed by atoms with Crippen LogP contribution >= 0.6 is 11.3 Å². The van der Waals surface area contributed by atoms with Crippen LogP contribution in [0.15, 0.2) is 29.9 Å². The van der Waals surface area contributed by atoms with Crippen molar-refractivity contribution in [1.29, 1.82) is 0 Å². The van der Waals surface area contributed by atoms with E-state index in [9.17, 15) is 0 Å². The van der Waals surface area contributed by atoms with Crippen molar-refractivity contribution in [3.05, 3.63) is 45.9 Å². The maximum Gasteiger partial charge on any atom is 0.0532 e. The third-order valence-electron chi connectivity index (χ3n) is 2.30. The molecular formula is C12H14N2S. The predicted octanol–water partition coefficient (Wildman–Crippen LogP) is 3.37. The molecule has 0 saturated carbocycles. The molecule has 0 aliphatic heterocycles. The van der Waals surface area contributed by atoms with Gasteiger partial charge in [-0.2, -0.15) is 0 Å². The van der Waals surface area contributed by atoms with Gasteiger partial charge in [-0.25, -0.2) is 0 Å². The van der Waals surface area contributed by atoms with E-state index in [1.165, 1.54) is 16.0 Å². The zero-order chi connectivity index (χ0) is 10.7. The predicted molar refractivity (Wildman–Crippen MR) is 65.4 cm³/mol. The summed E-state index contributed by atoms with van der Waals surface area (Å²) in [7, 11) is 0. The summed E-state index contributed by atoms with van der Waals surface area (Å²) in [4.78, 5) is 5.53. The Morgan fingerprint density at radius 3 is 2.87 bits per heavy atom. The summed E-state index contributed by atoms with van der Waals surface area (Å²) in [6.07, 6.45) is 3.72. The fraction of sp³-hybridized carbons (Fsp3) is 0.250. The fourth-order valence-electron chi connectivity index (χ4n) is 1.42. The molecule has 0 spiro atoms. The number of hydrogen-bond donors (Lipinski definition) is 1. The first-order chi connectivity index (χ1) is 7.25. The zero-order valence-electron chi connectivity index (χ0n) is 8.95. The van der Waals surface area contributed by atoms with Gasteiger partial charge in [-0.05, 0) is 42.5 Å². The number of rotatable bonds is 3. The number of hydrogen-bond acceptors (Lipinski definition) is 3. The molecule has 0 aliphatic carbocycles. The molecule has 2 rings (SSSR count). The second-order valence-corrected chi connectivity index (χ2v) is 4.63. The lowest BCUT2D eigenvalue weighted by Crippen LogP contribution is -1.99. The van der Waals surface area contributed by atoms with Gasteiger partial charge < -0.3 is 5.32 Å². The van der Waals surface area contributed by atoms with Crippen LogP contribution in [0.4, 0.5) is 5.69 Å². The quantitative estimate of drug-likeness (QED) is 0.854. The molecule has 1 N–H and O–H groups in total. The molecule has 0 saturated heterocycles. The van der Waals surface area contributed by atoms with Crippen molar-refractivity contribution in [2.45, 2.75) is 20.4 Å². The molecule has 0 unspecified atom stereocenters. The Morgan fingerprint density at radius 1 is 1.33 bits per heavy atom. The van der Waals surface area contributed by atoms with Crippen LogP contribution in [0, 0.1) is 13.8 Å². The van der Waals surface area contributed by atoms with E-state index in [0.717, 1.165) is 12.2 Å². The topological polar surface area (TPSA) is 24.9 Å². The smallest absolute Gasteiger partial charge is 0.0532 e. The lowest BCUT2D eigenvalue weighted by atomic mass is 10.2. The lowest BCUT2D eigenvalue weighted by molar-refractivity contribution is 1.14. The van der Waals surface area contributed by atoms with Crippen LogP contribution in [0.2, 0.25) is 0 Å². The van der Waals surface area contributed by atoms with Crippen LogP contribution < -0.4 is 5.32 Å². The summed E-state index contributed by atoms with van der Waals surface area (Å²) in [5.41, 5.74) is 3.62. The average molecular weight is 218 g/mol. The Labute approximate surface area is 94.0 Å². The maximum atomic E-state index is 4.15. The summed E-state index contributed by atoms with van der Waals surface area (Å²) in [5, 5.41) is 5.50. The van der Waals surface area contributed by atoms with Gasteiger partial charge in [0.1, 0.15) is 0 Å². The summed E-state index contributed by atoms with van der Waals surface area (Å²) in [6.45, 7) is 5.07.